The first-order valence-corrected chi connectivity index (χ1v) is 5.32. The Morgan fingerprint density at radius 3 is 2.86 bits per heavy atom. The second-order valence-corrected chi connectivity index (χ2v) is 3.98. The summed E-state index contributed by atoms with van der Waals surface area (Å²) in [5.74, 6) is 0.597. The molecule has 0 aliphatic rings. The van der Waals surface area contributed by atoms with Crippen molar-refractivity contribution in [3.8, 4) is 0 Å². The number of nitrogens with zero attached hydrogens (tertiary/aromatic N) is 4. The van der Waals surface area contributed by atoms with Gasteiger partial charge < -0.3 is 10.1 Å². The Hall–Kier alpha value is -0.630. The minimum Gasteiger partial charge on any atom is -0.390 e. The van der Waals surface area contributed by atoms with Crippen LogP contribution in [0.3, 0.4) is 0 Å². The fourth-order valence-electron chi connectivity index (χ4n) is 0.858. The van der Waals surface area contributed by atoms with Crippen molar-refractivity contribution in [3.05, 3.63) is 14.8 Å². The van der Waals surface area contributed by atoms with Gasteiger partial charge in [0.2, 0.25) is 0 Å². The van der Waals surface area contributed by atoms with Crippen molar-refractivity contribution < 1.29 is 4.92 Å². The van der Waals surface area contributed by atoms with Crippen LogP contribution in [-0.2, 0) is 6.54 Å². The van der Waals surface area contributed by atoms with Crippen LogP contribution in [0.4, 0.5) is 5.95 Å². The third kappa shape index (κ3) is 2.68. The zero-order valence-electron chi connectivity index (χ0n) is 7.42. The monoisotopic (exact) mass is 280 g/mol. The molecule has 1 aromatic rings. The Labute approximate surface area is 94.4 Å². The van der Waals surface area contributed by atoms with Crippen LogP contribution in [0, 0.1) is 16.0 Å². The van der Waals surface area contributed by atoms with Crippen molar-refractivity contribution in [2.24, 2.45) is 5.92 Å². The summed E-state index contributed by atoms with van der Waals surface area (Å²) < 4.78 is 1.83. The van der Waals surface area contributed by atoms with Crippen molar-refractivity contribution in [1.29, 1.82) is 0 Å². The number of thiol groups is 1. The third-order valence-electron chi connectivity index (χ3n) is 1.57. The molecule has 0 aliphatic heterocycles. The van der Waals surface area contributed by atoms with E-state index in [0.717, 1.165) is 0 Å². The summed E-state index contributed by atoms with van der Waals surface area (Å²) in [6, 6.07) is 0. The summed E-state index contributed by atoms with van der Waals surface area (Å²) in [5.41, 5.74) is 0. The molecule has 8 heteroatoms. The van der Waals surface area contributed by atoms with E-state index in [1.165, 1.54) is 4.68 Å². The topological polar surface area (TPSA) is 73.8 Å². The molecule has 1 heterocycles. The van der Waals surface area contributed by atoms with Gasteiger partial charge in [0.15, 0.2) is 0 Å². The van der Waals surface area contributed by atoms with Gasteiger partial charge >= 0.3 is 5.95 Å². The van der Waals surface area contributed by atoms with E-state index in [2.05, 4.69) is 38.6 Å². The first-order valence-electron chi connectivity index (χ1n) is 3.90. The van der Waals surface area contributed by atoms with Crippen LogP contribution in [-0.4, -0.2) is 25.4 Å². The molecule has 78 valence electrons. The quantitative estimate of drug-likeness (QED) is 0.516. The second-order valence-electron chi connectivity index (χ2n) is 2.91. The van der Waals surface area contributed by atoms with E-state index in [0.29, 0.717) is 17.0 Å². The second kappa shape index (κ2) is 4.74. The Balaban J connectivity index is 2.82. The van der Waals surface area contributed by atoms with Crippen molar-refractivity contribution in [1.82, 2.24) is 14.8 Å². The smallest absolute Gasteiger partial charge is 0.390 e. The van der Waals surface area contributed by atoms with Crippen LogP contribution >= 0.6 is 28.6 Å². The highest BCUT2D eigenvalue weighted by Gasteiger charge is 2.20. The molecule has 0 saturated carbocycles. The molecule has 0 spiro atoms. The maximum atomic E-state index is 10.4. The molecule has 0 amide bonds. The molecule has 1 unspecified atom stereocenters. The van der Waals surface area contributed by atoms with Gasteiger partial charge in [-0.2, -0.15) is 17.3 Å². The van der Waals surface area contributed by atoms with Crippen molar-refractivity contribution in [2.45, 2.75) is 13.5 Å². The number of rotatable bonds is 4. The molecule has 0 aromatic carbocycles. The van der Waals surface area contributed by atoms with Crippen LogP contribution in [0.5, 0.6) is 0 Å². The van der Waals surface area contributed by atoms with Crippen LogP contribution < -0.4 is 0 Å². The molecule has 0 aliphatic carbocycles. The first-order chi connectivity index (χ1) is 6.54. The molecule has 1 atom stereocenters. The fraction of sp³-hybridized carbons (Fsp3) is 0.667. The minimum atomic E-state index is -0.618. The highest BCUT2D eigenvalue weighted by Crippen LogP contribution is 2.14. The van der Waals surface area contributed by atoms with Gasteiger partial charge in [0.05, 0.1) is 6.54 Å². The maximum absolute atomic E-state index is 10.4. The number of nitro groups is 1. The van der Waals surface area contributed by atoms with E-state index >= 15 is 0 Å². The molecule has 1 aromatic heterocycles. The maximum Gasteiger partial charge on any atom is 0.492 e. The Morgan fingerprint density at radius 1 is 1.79 bits per heavy atom. The standard InChI is InChI=1S/C6H9BrN4O2S/c1-4(3-14)2-10-5(7)8-6(9-10)11(12)13/h4,14H,2-3H2,1H3. The lowest BCUT2D eigenvalue weighted by Gasteiger charge is -2.04. The average molecular weight is 281 g/mol. The van der Waals surface area contributed by atoms with Crippen LogP contribution in [0.25, 0.3) is 0 Å². The molecule has 0 fully saturated rings. The van der Waals surface area contributed by atoms with E-state index in [1.807, 2.05) is 6.92 Å². The highest BCUT2D eigenvalue weighted by atomic mass is 79.9. The van der Waals surface area contributed by atoms with Gasteiger partial charge in [0.25, 0.3) is 4.73 Å². The highest BCUT2D eigenvalue weighted by molar-refractivity contribution is 9.10. The molecular weight excluding hydrogens is 272 g/mol. The van der Waals surface area contributed by atoms with Gasteiger partial charge in [-0.25, -0.2) is 0 Å². The van der Waals surface area contributed by atoms with Gasteiger partial charge in [-0.1, -0.05) is 6.92 Å². The Kier molecular flexibility index (Phi) is 3.87. The van der Waals surface area contributed by atoms with Crippen LogP contribution in [0.2, 0.25) is 0 Å². The van der Waals surface area contributed by atoms with E-state index in [1.54, 1.807) is 0 Å². The molecule has 0 bridgehead atoms. The van der Waals surface area contributed by atoms with Gasteiger partial charge in [-0.05, 0) is 21.6 Å². The predicted molar refractivity (Wildman–Crippen MR) is 57.4 cm³/mol. The van der Waals surface area contributed by atoms with Gasteiger partial charge in [0.1, 0.15) is 0 Å². The first kappa shape index (κ1) is 11.4. The predicted octanol–water partition coefficient (Wildman–Crippen LogP) is 1.51. The molecule has 0 N–H and O–H groups in total. The Bertz CT molecular complexity index is 343. The number of halogens is 1. The van der Waals surface area contributed by atoms with Crippen molar-refractivity contribution in [3.63, 3.8) is 0 Å². The molecule has 1 rings (SSSR count). The van der Waals surface area contributed by atoms with Gasteiger partial charge in [-0.15, -0.1) is 0 Å². The van der Waals surface area contributed by atoms with E-state index in [-0.39, 0.29) is 11.9 Å². The number of hydrogen-bond donors (Lipinski definition) is 1. The van der Waals surface area contributed by atoms with Crippen LogP contribution in [0.15, 0.2) is 4.73 Å². The average Bonchev–Trinajstić information content (AvgIpc) is 2.48. The molecule has 0 saturated heterocycles. The molecule has 6 nitrogen and oxygen atoms in total. The van der Waals surface area contributed by atoms with E-state index in [4.69, 9.17) is 0 Å². The summed E-state index contributed by atoms with van der Waals surface area (Å²) in [7, 11) is 0. The zero-order chi connectivity index (χ0) is 10.7. The fourth-order valence-corrected chi connectivity index (χ4v) is 1.36. The molecule has 0 radical (unpaired) electrons. The van der Waals surface area contributed by atoms with Gasteiger partial charge in [0, 0.05) is 21.0 Å². The summed E-state index contributed by atoms with van der Waals surface area (Å²) in [4.78, 5) is 13.4. The zero-order valence-corrected chi connectivity index (χ0v) is 9.90. The number of aromatic nitrogens is 3. The summed E-state index contributed by atoms with van der Waals surface area (Å²) in [6.07, 6.45) is 0. The van der Waals surface area contributed by atoms with Gasteiger partial charge in [-0.3, -0.25) is 0 Å². The molecular formula is C6H9BrN4O2S. The Morgan fingerprint density at radius 2 is 2.43 bits per heavy atom. The van der Waals surface area contributed by atoms with Crippen LogP contribution in [0.1, 0.15) is 6.92 Å². The summed E-state index contributed by atoms with van der Waals surface area (Å²) in [5, 5.41) is 14.1. The largest absolute Gasteiger partial charge is 0.492 e. The third-order valence-corrected chi connectivity index (χ3v) is 2.79. The summed E-state index contributed by atoms with van der Waals surface area (Å²) >= 11 is 7.22. The van der Waals surface area contributed by atoms with E-state index < -0.39 is 4.92 Å². The molecule has 14 heavy (non-hydrogen) atoms. The van der Waals surface area contributed by atoms with Crippen molar-refractivity contribution >= 4 is 34.5 Å². The normalized spacial score (nSPS) is 12.8. The van der Waals surface area contributed by atoms with E-state index in [9.17, 15) is 10.1 Å². The SMILES string of the molecule is CC(CS)Cn1nc([N+](=O)[O-])nc1Br. The minimum absolute atomic E-state index is 0.288. The lowest BCUT2D eigenvalue weighted by atomic mass is 10.2. The number of hydrogen-bond acceptors (Lipinski definition) is 5. The van der Waals surface area contributed by atoms with Crippen molar-refractivity contribution in [2.75, 3.05) is 5.75 Å². The lowest BCUT2D eigenvalue weighted by Crippen LogP contribution is -2.10. The lowest BCUT2D eigenvalue weighted by molar-refractivity contribution is -0.394. The summed E-state index contributed by atoms with van der Waals surface area (Å²) in [6.45, 7) is 2.54.